The lowest BCUT2D eigenvalue weighted by molar-refractivity contribution is -0.0689. The molecule has 0 spiro atoms. The second-order valence-electron chi connectivity index (χ2n) is 5.90. The number of carbonyl (C=O) groups is 1. The van der Waals surface area contributed by atoms with E-state index in [1.54, 1.807) is 12.1 Å². The number of benzene rings is 1. The molecule has 1 aliphatic carbocycles. The molecule has 1 aromatic carbocycles. The summed E-state index contributed by atoms with van der Waals surface area (Å²) in [5.74, 6) is -0.319. The van der Waals surface area contributed by atoms with Gasteiger partial charge >= 0.3 is 0 Å². The number of hydrogen-bond donors (Lipinski definition) is 2. The van der Waals surface area contributed by atoms with Crippen LogP contribution in [0.15, 0.2) is 29.2 Å². The third-order valence-corrected chi connectivity index (χ3v) is 5.16. The molecular formula is C14H19NO4S. The Labute approximate surface area is 118 Å². The standard InChI is InChI=1S/C14H19NO4S/c1-14(2)11(8-12(14)16)15-13(17)9-5-4-6-10(7-9)20(3,18)19/h4-7,11-12,16H,8H2,1-3H3,(H,15,17). The van der Waals surface area contributed by atoms with Gasteiger partial charge in [-0.2, -0.15) is 0 Å². The van der Waals surface area contributed by atoms with Gasteiger partial charge < -0.3 is 10.4 Å². The summed E-state index contributed by atoms with van der Waals surface area (Å²) in [5, 5.41) is 12.5. The highest BCUT2D eigenvalue weighted by Crippen LogP contribution is 2.40. The van der Waals surface area contributed by atoms with Crippen LogP contribution in [-0.4, -0.2) is 37.8 Å². The van der Waals surface area contributed by atoms with Crippen LogP contribution in [0.2, 0.25) is 0 Å². The van der Waals surface area contributed by atoms with E-state index in [1.807, 2.05) is 13.8 Å². The van der Waals surface area contributed by atoms with Crippen LogP contribution in [0.3, 0.4) is 0 Å². The van der Waals surface area contributed by atoms with E-state index in [-0.39, 0.29) is 22.3 Å². The molecule has 5 nitrogen and oxygen atoms in total. The second kappa shape index (κ2) is 4.86. The molecule has 1 saturated carbocycles. The molecule has 0 aliphatic heterocycles. The van der Waals surface area contributed by atoms with Gasteiger partial charge in [0.1, 0.15) is 0 Å². The van der Waals surface area contributed by atoms with E-state index in [0.29, 0.717) is 12.0 Å². The lowest BCUT2D eigenvalue weighted by Crippen LogP contribution is -2.61. The highest BCUT2D eigenvalue weighted by Gasteiger charge is 2.47. The fraction of sp³-hybridized carbons (Fsp3) is 0.500. The molecule has 110 valence electrons. The van der Waals surface area contributed by atoms with E-state index >= 15 is 0 Å². The van der Waals surface area contributed by atoms with Gasteiger partial charge in [0.25, 0.3) is 5.91 Å². The zero-order valence-electron chi connectivity index (χ0n) is 11.8. The molecule has 0 bridgehead atoms. The average Bonchev–Trinajstić information content (AvgIpc) is 2.37. The first-order valence-corrected chi connectivity index (χ1v) is 8.30. The first-order valence-electron chi connectivity index (χ1n) is 6.41. The number of hydrogen-bond acceptors (Lipinski definition) is 4. The molecule has 20 heavy (non-hydrogen) atoms. The van der Waals surface area contributed by atoms with Crippen molar-refractivity contribution < 1.29 is 18.3 Å². The van der Waals surface area contributed by atoms with Crippen LogP contribution >= 0.6 is 0 Å². The smallest absolute Gasteiger partial charge is 0.251 e. The molecule has 1 aromatic rings. The largest absolute Gasteiger partial charge is 0.392 e. The summed E-state index contributed by atoms with van der Waals surface area (Å²) in [4.78, 5) is 12.3. The normalized spacial score (nSPS) is 24.8. The predicted molar refractivity (Wildman–Crippen MR) is 75.2 cm³/mol. The minimum atomic E-state index is -3.33. The van der Waals surface area contributed by atoms with Gasteiger partial charge in [-0.1, -0.05) is 19.9 Å². The van der Waals surface area contributed by atoms with Crippen molar-refractivity contribution in [2.45, 2.75) is 37.3 Å². The van der Waals surface area contributed by atoms with Gasteiger partial charge in [-0.3, -0.25) is 4.79 Å². The van der Waals surface area contributed by atoms with Crippen molar-refractivity contribution in [2.75, 3.05) is 6.26 Å². The predicted octanol–water partition coefficient (Wildman–Crippen LogP) is 0.979. The molecule has 1 fully saturated rings. The molecular weight excluding hydrogens is 278 g/mol. The third-order valence-electron chi connectivity index (χ3n) is 4.05. The Bertz CT molecular complexity index is 636. The van der Waals surface area contributed by atoms with Crippen LogP contribution in [0.1, 0.15) is 30.6 Å². The van der Waals surface area contributed by atoms with Gasteiger partial charge in [-0.25, -0.2) is 8.42 Å². The van der Waals surface area contributed by atoms with Crippen LogP contribution in [0.4, 0.5) is 0 Å². The van der Waals surface area contributed by atoms with Crippen LogP contribution in [0, 0.1) is 5.41 Å². The number of amides is 1. The summed E-state index contributed by atoms with van der Waals surface area (Å²) in [7, 11) is -3.33. The van der Waals surface area contributed by atoms with E-state index in [0.717, 1.165) is 6.26 Å². The first kappa shape index (κ1) is 15.0. The number of sulfone groups is 1. The summed E-state index contributed by atoms with van der Waals surface area (Å²) in [5.41, 5.74) is -0.0467. The summed E-state index contributed by atoms with van der Waals surface area (Å²) < 4.78 is 23.0. The zero-order valence-corrected chi connectivity index (χ0v) is 12.6. The molecule has 1 amide bonds. The number of rotatable bonds is 3. The molecule has 2 rings (SSSR count). The maximum absolute atomic E-state index is 12.1. The van der Waals surface area contributed by atoms with Crippen molar-refractivity contribution >= 4 is 15.7 Å². The van der Waals surface area contributed by atoms with Gasteiger partial charge in [0.15, 0.2) is 9.84 Å². The highest BCUT2D eigenvalue weighted by atomic mass is 32.2. The topological polar surface area (TPSA) is 83.5 Å². The van der Waals surface area contributed by atoms with Gasteiger partial charge in [0.05, 0.1) is 11.0 Å². The molecule has 2 atom stereocenters. The van der Waals surface area contributed by atoms with E-state index in [1.165, 1.54) is 12.1 Å². The minimum Gasteiger partial charge on any atom is -0.392 e. The maximum atomic E-state index is 12.1. The fourth-order valence-electron chi connectivity index (χ4n) is 2.26. The van der Waals surface area contributed by atoms with E-state index in [2.05, 4.69) is 5.32 Å². The minimum absolute atomic E-state index is 0.105. The monoisotopic (exact) mass is 297 g/mol. The Balaban J connectivity index is 2.15. The molecule has 0 radical (unpaired) electrons. The lowest BCUT2D eigenvalue weighted by atomic mass is 9.64. The molecule has 6 heteroatoms. The fourth-order valence-corrected chi connectivity index (χ4v) is 2.92. The van der Waals surface area contributed by atoms with Crippen LogP contribution in [0.5, 0.6) is 0 Å². The van der Waals surface area contributed by atoms with Crippen molar-refractivity contribution in [3.63, 3.8) is 0 Å². The molecule has 0 saturated heterocycles. The van der Waals surface area contributed by atoms with Gasteiger partial charge in [-0.15, -0.1) is 0 Å². The van der Waals surface area contributed by atoms with Crippen molar-refractivity contribution in [1.29, 1.82) is 0 Å². The Morgan fingerprint density at radius 2 is 2.05 bits per heavy atom. The highest BCUT2D eigenvalue weighted by molar-refractivity contribution is 7.90. The summed E-state index contributed by atoms with van der Waals surface area (Å²) in [6.45, 7) is 3.78. The van der Waals surface area contributed by atoms with Gasteiger partial charge in [0, 0.05) is 23.3 Å². The van der Waals surface area contributed by atoms with E-state index < -0.39 is 15.9 Å². The Kier molecular flexibility index (Phi) is 3.64. The third kappa shape index (κ3) is 2.71. The Morgan fingerprint density at radius 1 is 1.40 bits per heavy atom. The van der Waals surface area contributed by atoms with Crippen LogP contribution < -0.4 is 5.32 Å². The lowest BCUT2D eigenvalue weighted by Gasteiger charge is -2.49. The SMILES string of the molecule is CC1(C)C(O)CC1NC(=O)c1cccc(S(C)(=O)=O)c1. The molecule has 0 heterocycles. The Hall–Kier alpha value is -1.40. The molecule has 1 aliphatic rings. The summed E-state index contributed by atoms with van der Waals surface area (Å²) in [6.07, 6.45) is 1.20. The van der Waals surface area contributed by atoms with Crippen LogP contribution in [0.25, 0.3) is 0 Å². The van der Waals surface area contributed by atoms with Crippen molar-refractivity contribution in [2.24, 2.45) is 5.41 Å². The van der Waals surface area contributed by atoms with E-state index in [9.17, 15) is 18.3 Å². The van der Waals surface area contributed by atoms with Crippen molar-refractivity contribution in [3.8, 4) is 0 Å². The quantitative estimate of drug-likeness (QED) is 0.871. The first-order chi connectivity index (χ1) is 9.12. The van der Waals surface area contributed by atoms with Gasteiger partial charge in [0.2, 0.25) is 0 Å². The summed E-state index contributed by atoms with van der Waals surface area (Å²) >= 11 is 0. The van der Waals surface area contributed by atoms with Crippen molar-refractivity contribution in [1.82, 2.24) is 5.32 Å². The maximum Gasteiger partial charge on any atom is 0.251 e. The molecule has 2 unspecified atom stereocenters. The number of nitrogens with one attached hydrogen (secondary N) is 1. The second-order valence-corrected chi connectivity index (χ2v) is 7.91. The molecule has 2 N–H and O–H groups in total. The summed E-state index contributed by atoms with van der Waals surface area (Å²) in [6, 6.07) is 5.85. The van der Waals surface area contributed by atoms with Crippen LogP contribution in [-0.2, 0) is 9.84 Å². The van der Waals surface area contributed by atoms with Crippen molar-refractivity contribution in [3.05, 3.63) is 29.8 Å². The number of aliphatic hydroxyl groups excluding tert-OH is 1. The number of carbonyl (C=O) groups excluding carboxylic acids is 1. The molecule has 0 aromatic heterocycles. The Morgan fingerprint density at radius 3 is 2.55 bits per heavy atom. The van der Waals surface area contributed by atoms with E-state index in [4.69, 9.17) is 0 Å². The number of aliphatic hydroxyl groups is 1. The average molecular weight is 297 g/mol. The van der Waals surface area contributed by atoms with Gasteiger partial charge in [-0.05, 0) is 24.6 Å². The zero-order chi connectivity index (χ0) is 15.1.